The molecule has 0 amide bonds. The maximum Gasteiger partial charge on any atom is 0.348 e. The largest absolute Gasteiger partial charge is 0.462 e. The Balaban J connectivity index is 2.28. The highest BCUT2D eigenvalue weighted by Crippen LogP contribution is 2.67. The minimum atomic E-state index is -0.446. The van der Waals surface area contributed by atoms with E-state index in [1.54, 1.807) is 6.92 Å². The zero-order chi connectivity index (χ0) is 12.7. The fourth-order valence-corrected chi connectivity index (χ4v) is 3.24. The van der Waals surface area contributed by atoms with Crippen LogP contribution in [0.2, 0.25) is 0 Å². The fraction of sp³-hybridized carbons (Fsp3) is 0.714. The van der Waals surface area contributed by atoms with Crippen LogP contribution >= 0.6 is 0 Å². The lowest BCUT2D eigenvalue weighted by atomic mass is 9.53. The smallest absolute Gasteiger partial charge is 0.348 e. The molecule has 0 N–H and O–H groups in total. The van der Waals surface area contributed by atoms with Crippen LogP contribution in [0.3, 0.4) is 0 Å². The zero-order valence-corrected chi connectivity index (χ0v) is 10.8. The molecule has 0 aromatic carbocycles. The molecule has 2 fully saturated rings. The van der Waals surface area contributed by atoms with Crippen molar-refractivity contribution in [1.82, 2.24) is 0 Å². The van der Waals surface area contributed by atoms with Crippen LogP contribution in [0.1, 0.15) is 46.5 Å². The highest BCUT2D eigenvalue weighted by molar-refractivity contribution is 5.93. The molecule has 0 heterocycles. The second kappa shape index (κ2) is 3.87. The van der Waals surface area contributed by atoms with Crippen molar-refractivity contribution in [3.8, 4) is 6.07 Å². The number of hydrogen-bond donors (Lipinski definition) is 0. The summed E-state index contributed by atoms with van der Waals surface area (Å²) in [5.74, 6) is -0.446. The Morgan fingerprint density at radius 3 is 2.24 bits per heavy atom. The molecule has 0 aromatic rings. The first-order valence-electron chi connectivity index (χ1n) is 6.25. The van der Waals surface area contributed by atoms with Crippen molar-refractivity contribution in [1.29, 1.82) is 5.26 Å². The summed E-state index contributed by atoms with van der Waals surface area (Å²) < 4.78 is 4.94. The minimum absolute atomic E-state index is 0.253. The second-order valence-corrected chi connectivity index (χ2v) is 5.79. The minimum Gasteiger partial charge on any atom is -0.462 e. The van der Waals surface area contributed by atoms with E-state index < -0.39 is 5.97 Å². The van der Waals surface area contributed by atoms with E-state index in [2.05, 4.69) is 13.8 Å². The predicted octanol–water partition coefficient (Wildman–Crippen LogP) is 2.97. The van der Waals surface area contributed by atoms with Crippen molar-refractivity contribution in [3.05, 3.63) is 11.1 Å². The normalized spacial score (nSPS) is 37.8. The van der Waals surface area contributed by atoms with Crippen LogP contribution in [-0.2, 0) is 9.53 Å². The van der Waals surface area contributed by atoms with Crippen LogP contribution in [-0.4, -0.2) is 12.6 Å². The summed E-state index contributed by atoms with van der Waals surface area (Å²) in [6.07, 6.45) is 4.17. The molecule has 2 rings (SSSR count). The average Bonchev–Trinajstić information content (AvgIpc) is 2.43. The molecule has 0 aromatic heterocycles. The summed E-state index contributed by atoms with van der Waals surface area (Å²) in [6.45, 7) is 6.62. The molecule has 17 heavy (non-hydrogen) atoms. The standard InChI is InChI=1S/C14H19NO2/c1-4-17-12(16)11(9-15)10-7-13(2)5-6-14(13,3)8-10/h4-8H2,1-3H3/t13-,14+. The van der Waals surface area contributed by atoms with Crippen LogP contribution in [0.25, 0.3) is 0 Å². The maximum atomic E-state index is 11.7. The van der Waals surface area contributed by atoms with Crippen LogP contribution < -0.4 is 0 Å². The zero-order valence-electron chi connectivity index (χ0n) is 10.8. The van der Waals surface area contributed by atoms with Crippen LogP contribution in [0.15, 0.2) is 11.1 Å². The van der Waals surface area contributed by atoms with Gasteiger partial charge in [0, 0.05) is 0 Å². The van der Waals surface area contributed by atoms with Crippen LogP contribution in [0.4, 0.5) is 0 Å². The van der Waals surface area contributed by atoms with E-state index in [0.717, 1.165) is 18.4 Å². The van der Waals surface area contributed by atoms with Gasteiger partial charge in [-0.15, -0.1) is 0 Å². The molecule has 0 aliphatic heterocycles. The van der Waals surface area contributed by atoms with Gasteiger partial charge in [-0.2, -0.15) is 5.26 Å². The van der Waals surface area contributed by atoms with Gasteiger partial charge >= 0.3 is 5.97 Å². The third-order valence-corrected chi connectivity index (χ3v) is 4.84. The van der Waals surface area contributed by atoms with E-state index in [4.69, 9.17) is 10.00 Å². The number of nitrogens with zero attached hydrogens (tertiary/aromatic N) is 1. The summed E-state index contributed by atoms with van der Waals surface area (Å²) in [4.78, 5) is 11.7. The fourth-order valence-electron chi connectivity index (χ4n) is 3.24. The number of carbonyl (C=O) groups excluding carboxylic acids is 1. The van der Waals surface area contributed by atoms with E-state index in [9.17, 15) is 4.79 Å². The number of fused-ring (bicyclic) bond motifs is 1. The second-order valence-electron chi connectivity index (χ2n) is 5.79. The van der Waals surface area contributed by atoms with E-state index in [1.807, 2.05) is 6.07 Å². The van der Waals surface area contributed by atoms with E-state index >= 15 is 0 Å². The summed E-state index contributed by atoms with van der Waals surface area (Å²) >= 11 is 0. The molecule has 92 valence electrons. The lowest BCUT2D eigenvalue weighted by Gasteiger charge is -2.51. The molecule has 2 aliphatic carbocycles. The number of hydrogen-bond acceptors (Lipinski definition) is 3. The quantitative estimate of drug-likeness (QED) is 0.418. The molecule has 0 bridgehead atoms. The molecular weight excluding hydrogens is 214 g/mol. The summed E-state index contributed by atoms with van der Waals surface area (Å²) in [5.41, 5.74) is 1.84. The lowest BCUT2D eigenvalue weighted by Crippen LogP contribution is -2.42. The topological polar surface area (TPSA) is 50.1 Å². The lowest BCUT2D eigenvalue weighted by molar-refractivity contribution is -0.138. The van der Waals surface area contributed by atoms with Gasteiger partial charge in [0.25, 0.3) is 0 Å². The van der Waals surface area contributed by atoms with Crippen LogP contribution in [0.5, 0.6) is 0 Å². The van der Waals surface area contributed by atoms with Crippen LogP contribution in [0, 0.1) is 22.2 Å². The number of esters is 1. The van der Waals surface area contributed by atoms with Gasteiger partial charge < -0.3 is 4.74 Å². The number of rotatable bonds is 2. The number of allylic oxidation sites excluding steroid dienone is 1. The summed E-state index contributed by atoms with van der Waals surface area (Å²) in [7, 11) is 0. The first-order chi connectivity index (χ1) is 7.96. The molecule has 3 nitrogen and oxygen atoms in total. The SMILES string of the molecule is CCOC(=O)C(C#N)=C1C[C@]2(C)CC[C@]2(C)C1. The molecule has 0 spiro atoms. The van der Waals surface area contributed by atoms with Gasteiger partial charge in [0.2, 0.25) is 0 Å². The Labute approximate surface area is 102 Å². The molecule has 3 heteroatoms. The maximum absolute atomic E-state index is 11.7. The highest BCUT2D eigenvalue weighted by atomic mass is 16.5. The van der Waals surface area contributed by atoms with Gasteiger partial charge in [0.15, 0.2) is 0 Å². The Bertz CT molecular complexity index is 412. The third kappa shape index (κ3) is 1.67. The van der Waals surface area contributed by atoms with Gasteiger partial charge in [0.05, 0.1) is 6.61 Å². The van der Waals surface area contributed by atoms with Gasteiger partial charge in [-0.05, 0) is 49.0 Å². The molecule has 0 saturated heterocycles. The Hall–Kier alpha value is -1.30. The molecule has 2 saturated carbocycles. The Kier molecular flexibility index (Phi) is 2.77. The van der Waals surface area contributed by atoms with Gasteiger partial charge in [-0.1, -0.05) is 13.8 Å². The monoisotopic (exact) mass is 233 g/mol. The number of carbonyl (C=O) groups is 1. The van der Waals surface area contributed by atoms with Crippen molar-refractivity contribution < 1.29 is 9.53 Å². The third-order valence-electron chi connectivity index (χ3n) is 4.84. The first-order valence-corrected chi connectivity index (χ1v) is 6.25. The Morgan fingerprint density at radius 1 is 1.35 bits per heavy atom. The summed E-state index contributed by atoms with van der Waals surface area (Å²) in [6, 6.07) is 2.04. The van der Waals surface area contributed by atoms with E-state index in [1.165, 1.54) is 12.8 Å². The van der Waals surface area contributed by atoms with E-state index in [-0.39, 0.29) is 16.4 Å². The van der Waals surface area contributed by atoms with Crippen molar-refractivity contribution in [2.75, 3.05) is 6.61 Å². The number of nitriles is 1. The van der Waals surface area contributed by atoms with Crippen molar-refractivity contribution >= 4 is 5.97 Å². The van der Waals surface area contributed by atoms with E-state index in [0.29, 0.717) is 6.61 Å². The highest BCUT2D eigenvalue weighted by Gasteiger charge is 2.57. The summed E-state index contributed by atoms with van der Waals surface area (Å²) in [5, 5.41) is 9.14. The van der Waals surface area contributed by atoms with Gasteiger partial charge in [-0.25, -0.2) is 4.79 Å². The molecule has 2 aliphatic rings. The molecular formula is C14H19NO2. The van der Waals surface area contributed by atoms with Gasteiger partial charge in [-0.3, -0.25) is 0 Å². The van der Waals surface area contributed by atoms with Gasteiger partial charge in [0.1, 0.15) is 11.6 Å². The Morgan fingerprint density at radius 2 is 1.88 bits per heavy atom. The first kappa shape index (κ1) is 12.2. The molecule has 0 radical (unpaired) electrons. The molecule has 0 unspecified atom stereocenters. The number of ether oxygens (including phenoxy) is 1. The predicted molar refractivity (Wildman–Crippen MR) is 64.0 cm³/mol. The van der Waals surface area contributed by atoms with Crippen molar-refractivity contribution in [2.45, 2.75) is 46.5 Å². The average molecular weight is 233 g/mol. The van der Waals surface area contributed by atoms with Crippen molar-refractivity contribution in [3.63, 3.8) is 0 Å². The van der Waals surface area contributed by atoms with Crippen molar-refractivity contribution in [2.24, 2.45) is 10.8 Å². The molecule has 2 atom stereocenters.